The number of amides is 1. The molecule has 23 heavy (non-hydrogen) atoms. The Balaban J connectivity index is 1.81. The van der Waals surface area contributed by atoms with Gasteiger partial charge in [0.25, 0.3) is 5.91 Å². The summed E-state index contributed by atoms with van der Waals surface area (Å²) < 4.78 is 0. The van der Waals surface area contributed by atoms with Crippen LogP contribution in [0, 0.1) is 11.8 Å². The standard InChI is InChI=1S/C18H27N3O2/c1-4-18(23)10-6-7-13-11-21(12-14(13)18)16-9-5-8-15(19-16)17(22)20(2)3/h5,8-9,13-14,23H,4,6-7,10-12H2,1-3H3/t13-,14+,18-/m1/s1. The summed E-state index contributed by atoms with van der Waals surface area (Å²) in [5.74, 6) is 1.62. The van der Waals surface area contributed by atoms with Crippen LogP contribution in [0.15, 0.2) is 18.2 Å². The Morgan fingerprint density at radius 2 is 2.22 bits per heavy atom. The third-order valence-electron chi connectivity index (χ3n) is 5.61. The predicted molar refractivity (Wildman–Crippen MR) is 90.5 cm³/mol. The largest absolute Gasteiger partial charge is 0.390 e. The first-order chi connectivity index (χ1) is 10.9. The van der Waals surface area contributed by atoms with E-state index in [1.807, 2.05) is 12.1 Å². The number of nitrogens with zero attached hydrogens (tertiary/aromatic N) is 3. The van der Waals surface area contributed by atoms with E-state index in [2.05, 4.69) is 16.8 Å². The third kappa shape index (κ3) is 2.94. The molecule has 1 saturated carbocycles. The van der Waals surface area contributed by atoms with Crippen LogP contribution < -0.4 is 4.90 Å². The maximum Gasteiger partial charge on any atom is 0.272 e. The van der Waals surface area contributed by atoms with Crippen LogP contribution in [-0.2, 0) is 0 Å². The number of rotatable bonds is 3. The zero-order chi connectivity index (χ0) is 16.6. The number of hydrogen-bond acceptors (Lipinski definition) is 4. The molecule has 2 fully saturated rings. The van der Waals surface area contributed by atoms with Gasteiger partial charge in [0.2, 0.25) is 0 Å². The van der Waals surface area contributed by atoms with Gasteiger partial charge in [0.05, 0.1) is 5.60 Å². The van der Waals surface area contributed by atoms with Gasteiger partial charge in [-0.1, -0.05) is 19.4 Å². The molecule has 2 aliphatic rings. The Morgan fingerprint density at radius 1 is 1.43 bits per heavy atom. The zero-order valence-corrected chi connectivity index (χ0v) is 14.3. The van der Waals surface area contributed by atoms with Crippen molar-refractivity contribution in [1.29, 1.82) is 0 Å². The van der Waals surface area contributed by atoms with E-state index in [-0.39, 0.29) is 5.91 Å². The number of pyridine rings is 1. The van der Waals surface area contributed by atoms with Crippen molar-refractivity contribution in [3.63, 3.8) is 0 Å². The molecule has 0 aromatic carbocycles. The number of hydrogen-bond donors (Lipinski definition) is 1. The number of aromatic nitrogens is 1. The molecule has 0 bridgehead atoms. The van der Waals surface area contributed by atoms with E-state index < -0.39 is 5.60 Å². The summed E-state index contributed by atoms with van der Waals surface area (Å²) in [6.45, 7) is 3.85. The van der Waals surface area contributed by atoms with E-state index in [1.165, 1.54) is 6.42 Å². The minimum Gasteiger partial charge on any atom is -0.390 e. The van der Waals surface area contributed by atoms with Gasteiger partial charge >= 0.3 is 0 Å². The third-order valence-corrected chi connectivity index (χ3v) is 5.61. The summed E-state index contributed by atoms with van der Waals surface area (Å²) in [7, 11) is 3.48. The van der Waals surface area contributed by atoms with E-state index in [0.29, 0.717) is 17.5 Å². The second kappa shape index (κ2) is 6.11. The first-order valence-corrected chi connectivity index (χ1v) is 8.60. The quantitative estimate of drug-likeness (QED) is 0.928. The van der Waals surface area contributed by atoms with Crippen LogP contribution in [0.2, 0.25) is 0 Å². The minimum atomic E-state index is -0.533. The second-order valence-electron chi connectivity index (χ2n) is 7.20. The Labute approximate surface area is 138 Å². The predicted octanol–water partition coefficient (Wildman–Crippen LogP) is 2.16. The van der Waals surface area contributed by atoms with E-state index in [1.54, 1.807) is 25.1 Å². The summed E-state index contributed by atoms with van der Waals surface area (Å²) in [6.07, 6.45) is 4.01. The molecular weight excluding hydrogens is 290 g/mol. The van der Waals surface area contributed by atoms with Crippen molar-refractivity contribution in [3.05, 3.63) is 23.9 Å². The molecule has 126 valence electrons. The van der Waals surface area contributed by atoms with Crippen LogP contribution in [0.4, 0.5) is 5.82 Å². The van der Waals surface area contributed by atoms with E-state index in [4.69, 9.17) is 0 Å². The van der Waals surface area contributed by atoms with Crippen molar-refractivity contribution in [2.75, 3.05) is 32.1 Å². The van der Waals surface area contributed by atoms with Crippen LogP contribution in [0.3, 0.4) is 0 Å². The molecule has 1 aromatic heterocycles. The van der Waals surface area contributed by atoms with Gasteiger partial charge in [-0.3, -0.25) is 4.79 Å². The molecule has 0 spiro atoms. The number of fused-ring (bicyclic) bond motifs is 1. The van der Waals surface area contributed by atoms with Crippen molar-refractivity contribution in [1.82, 2.24) is 9.88 Å². The fraction of sp³-hybridized carbons (Fsp3) is 0.667. The Morgan fingerprint density at radius 3 is 2.91 bits per heavy atom. The van der Waals surface area contributed by atoms with Crippen LogP contribution in [0.5, 0.6) is 0 Å². The first kappa shape index (κ1) is 16.2. The van der Waals surface area contributed by atoms with Gasteiger partial charge in [-0.05, 0) is 37.3 Å². The Hall–Kier alpha value is -1.62. The average Bonchev–Trinajstić information content (AvgIpc) is 3.00. The fourth-order valence-electron chi connectivity index (χ4n) is 4.20. The van der Waals surface area contributed by atoms with Gasteiger partial charge < -0.3 is 14.9 Å². The van der Waals surface area contributed by atoms with Gasteiger partial charge in [-0.25, -0.2) is 4.98 Å². The van der Waals surface area contributed by atoms with E-state index in [9.17, 15) is 9.90 Å². The van der Waals surface area contributed by atoms with Gasteiger partial charge in [-0.15, -0.1) is 0 Å². The van der Waals surface area contributed by atoms with Crippen LogP contribution in [0.1, 0.15) is 43.1 Å². The van der Waals surface area contributed by atoms with Gasteiger partial charge in [0, 0.05) is 33.1 Å². The van der Waals surface area contributed by atoms with Crippen molar-refractivity contribution < 1.29 is 9.90 Å². The molecule has 1 aromatic rings. The van der Waals surface area contributed by atoms with Gasteiger partial charge in [0.15, 0.2) is 0 Å². The van der Waals surface area contributed by atoms with Gasteiger partial charge in [0.1, 0.15) is 11.5 Å². The van der Waals surface area contributed by atoms with E-state index in [0.717, 1.165) is 38.2 Å². The molecule has 1 amide bonds. The molecule has 0 unspecified atom stereocenters. The lowest BCUT2D eigenvalue weighted by atomic mass is 9.69. The van der Waals surface area contributed by atoms with Crippen LogP contribution in [-0.4, -0.2) is 53.7 Å². The molecule has 1 aliphatic heterocycles. The highest BCUT2D eigenvalue weighted by Crippen LogP contribution is 2.45. The van der Waals surface area contributed by atoms with Crippen molar-refractivity contribution in [3.8, 4) is 0 Å². The maximum absolute atomic E-state index is 12.1. The smallest absolute Gasteiger partial charge is 0.272 e. The van der Waals surface area contributed by atoms with Gasteiger partial charge in [-0.2, -0.15) is 0 Å². The number of carbonyl (C=O) groups is 1. The molecule has 2 heterocycles. The molecule has 0 radical (unpaired) electrons. The summed E-state index contributed by atoms with van der Waals surface area (Å²) in [4.78, 5) is 20.5. The van der Waals surface area contributed by atoms with Crippen molar-refractivity contribution in [2.45, 2.75) is 38.2 Å². The highest BCUT2D eigenvalue weighted by Gasteiger charge is 2.48. The molecule has 1 N–H and O–H groups in total. The molecule has 5 nitrogen and oxygen atoms in total. The Kier molecular flexibility index (Phi) is 4.32. The average molecular weight is 317 g/mol. The van der Waals surface area contributed by atoms with Crippen LogP contribution >= 0.6 is 0 Å². The van der Waals surface area contributed by atoms with Crippen LogP contribution in [0.25, 0.3) is 0 Å². The van der Waals surface area contributed by atoms with Crippen molar-refractivity contribution in [2.24, 2.45) is 11.8 Å². The molecule has 5 heteroatoms. The molecule has 3 atom stereocenters. The normalized spacial score (nSPS) is 30.2. The highest BCUT2D eigenvalue weighted by molar-refractivity contribution is 5.92. The maximum atomic E-state index is 12.1. The highest BCUT2D eigenvalue weighted by atomic mass is 16.3. The Bertz CT molecular complexity index is 589. The zero-order valence-electron chi connectivity index (χ0n) is 14.3. The second-order valence-corrected chi connectivity index (χ2v) is 7.20. The molecular formula is C18H27N3O2. The fourth-order valence-corrected chi connectivity index (χ4v) is 4.20. The summed E-state index contributed by atoms with van der Waals surface area (Å²) in [5, 5.41) is 10.9. The summed E-state index contributed by atoms with van der Waals surface area (Å²) in [5.41, 5.74) is -0.0533. The first-order valence-electron chi connectivity index (χ1n) is 8.60. The minimum absolute atomic E-state index is 0.0754. The topological polar surface area (TPSA) is 56.7 Å². The lowest BCUT2D eigenvalue weighted by Gasteiger charge is -2.40. The lowest BCUT2D eigenvalue weighted by molar-refractivity contribution is -0.0597. The lowest BCUT2D eigenvalue weighted by Crippen LogP contribution is -2.44. The monoisotopic (exact) mass is 317 g/mol. The molecule has 1 aliphatic carbocycles. The van der Waals surface area contributed by atoms with Crippen molar-refractivity contribution >= 4 is 11.7 Å². The molecule has 1 saturated heterocycles. The summed E-state index contributed by atoms with van der Waals surface area (Å²) >= 11 is 0. The summed E-state index contributed by atoms with van der Waals surface area (Å²) in [6, 6.07) is 5.62. The molecule has 3 rings (SSSR count). The SMILES string of the molecule is CC[C@@]1(O)CCC[C@@H]2CN(c3cccc(C(=O)N(C)C)n3)C[C@@H]21. The number of anilines is 1. The van der Waals surface area contributed by atoms with E-state index >= 15 is 0 Å². The number of aliphatic hydroxyl groups is 1. The number of carbonyl (C=O) groups excluding carboxylic acids is 1.